The van der Waals surface area contributed by atoms with Gasteiger partial charge in [0.15, 0.2) is 11.0 Å². The maximum Gasteiger partial charge on any atom is 0.343 e. The molecule has 2 N–H and O–H groups in total. The lowest BCUT2D eigenvalue weighted by atomic mass is 10.1. The van der Waals surface area contributed by atoms with Crippen LogP contribution < -0.4 is 5.32 Å². The maximum absolute atomic E-state index is 13.6. The lowest BCUT2D eigenvalue weighted by Crippen LogP contribution is -2.18. The number of hydrogen-bond donors (Lipinski definition) is 2. The quantitative estimate of drug-likeness (QED) is 0.196. The van der Waals surface area contributed by atoms with E-state index in [1.54, 1.807) is 6.92 Å². The highest BCUT2D eigenvalue weighted by Gasteiger charge is 2.25. The molecule has 0 radical (unpaired) electrons. The zero-order valence-corrected chi connectivity index (χ0v) is 13.5. The molecule has 2 aromatic heterocycles. The second kappa shape index (κ2) is 7.79. The largest absolute Gasteiger partial charge is 0.462 e. The first-order valence-electron chi connectivity index (χ1n) is 6.37. The van der Waals surface area contributed by atoms with Crippen molar-refractivity contribution in [3.05, 3.63) is 39.5 Å². The van der Waals surface area contributed by atoms with Crippen LogP contribution in [0.3, 0.4) is 0 Å². The number of Topliss-reactive ketones (excluding diaryl/α,β-unsaturated/α-hetero) is 1. The van der Waals surface area contributed by atoms with Gasteiger partial charge in [0, 0.05) is 6.20 Å². The Hall–Kier alpha value is -2.59. The van der Waals surface area contributed by atoms with Crippen molar-refractivity contribution in [3.8, 4) is 0 Å². The molecule has 0 bridgehead atoms. The summed E-state index contributed by atoms with van der Waals surface area (Å²) in [5.74, 6) is -2.76. The Morgan fingerprint density at radius 1 is 1.42 bits per heavy atom. The van der Waals surface area contributed by atoms with Crippen molar-refractivity contribution in [2.75, 3.05) is 11.9 Å². The molecule has 0 amide bonds. The summed E-state index contributed by atoms with van der Waals surface area (Å²) in [5.41, 5.74) is -0.811. The number of ether oxygens (including phenoxy) is 1. The van der Waals surface area contributed by atoms with Crippen LogP contribution in [0.1, 0.15) is 17.3 Å². The third-order valence-corrected chi connectivity index (χ3v) is 3.12. The zero-order chi connectivity index (χ0) is 17.7. The molecule has 2 heterocycles. The van der Waals surface area contributed by atoms with Crippen molar-refractivity contribution in [1.82, 2.24) is 25.6 Å². The summed E-state index contributed by atoms with van der Waals surface area (Å²) in [6, 6.07) is 0.781. The van der Waals surface area contributed by atoms with E-state index in [1.807, 2.05) is 0 Å². The van der Waals surface area contributed by atoms with Gasteiger partial charge in [-0.2, -0.15) is 0 Å². The minimum atomic E-state index is -0.958. The summed E-state index contributed by atoms with van der Waals surface area (Å²) in [4.78, 5) is 28.0. The first-order valence-corrected chi connectivity index (χ1v) is 7.13. The molecule has 0 unspecified atom stereocenters. The molecule has 0 aromatic carbocycles. The van der Waals surface area contributed by atoms with Gasteiger partial charge in [-0.15, -0.1) is 0 Å². The molecule has 0 saturated carbocycles. The summed E-state index contributed by atoms with van der Waals surface area (Å²) in [7, 11) is 0. The molecule has 0 atom stereocenters. The van der Waals surface area contributed by atoms with Gasteiger partial charge >= 0.3 is 5.97 Å². The number of aromatic amines is 1. The Morgan fingerprint density at radius 2 is 2.17 bits per heavy atom. The minimum Gasteiger partial charge on any atom is -0.462 e. The van der Waals surface area contributed by atoms with Crippen molar-refractivity contribution in [2.45, 2.75) is 6.92 Å². The van der Waals surface area contributed by atoms with Crippen LogP contribution in [0.2, 0.25) is 10.3 Å². The van der Waals surface area contributed by atoms with Crippen LogP contribution in [-0.2, 0) is 9.53 Å². The molecule has 0 aliphatic rings. The lowest BCUT2D eigenvalue weighted by molar-refractivity contribution is -0.138. The number of halogens is 3. The van der Waals surface area contributed by atoms with E-state index in [2.05, 4.69) is 30.9 Å². The Labute approximate surface area is 144 Å². The number of pyridine rings is 1. The van der Waals surface area contributed by atoms with Gasteiger partial charge < -0.3 is 10.1 Å². The number of H-pyrrole nitrogens is 1. The number of rotatable bonds is 6. The molecule has 0 spiro atoms. The molecule has 0 fully saturated rings. The zero-order valence-electron chi connectivity index (χ0n) is 12.0. The number of anilines is 1. The summed E-state index contributed by atoms with van der Waals surface area (Å²) in [5, 5.41) is 14.1. The highest BCUT2D eigenvalue weighted by molar-refractivity contribution is 6.37. The average molecular weight is 375 g/mol. The topological polar surface area (TPSA) is 123 Å². The standard InChI is InChI=1S/C12H9Cl2FN6O3/c1-2-24-11(23)6(4-16-12-18-20-21-19-12)8(22)5-3-7(15)10(14)17-9(5)13/h3-4H,2H2,1H3,(H2,16,18,19,20,21). The average Bonchev–Trinajstić information content (AvgIpc) is 3.04. The predicted molar refractivity (Wildman–Crippen MR) is 81.1 cm³/mol. The molecular formula is C12H9Cl2FN6O3. The van der Waals surface area contributed by atoms with E-state index in [9.17, 15) is 14.0 Å². The van der Waals surface area contributed by atoms with E-state index < -0.39 is 28.3 Å². The number of aromatic nitrogens is 5. The van der Waals surface area contributed by atoms with Gasteiger partial charge in [-0.25, -0.2) is 19.3 Å². The van der Waals surface area contributed by atoms with Gasteiger partial charge in [0.1, 0.15) is 10.7 Å². The summed E-state index contributed by atoms with van der Waals surface area (Å²) in [6.45, 7) is 1.58. The highest BCUT2D eigenvalue weighted by atomic mass is 35.5. The molecule has 126 valence electrons. The molecule has 2 rings (SSSR count). The molecule has 2 aromatic rings. The summed E-state index contributed by atoms with van der Waals surface area (Å²) < 4.78 is 18.4. The van der Waals surface area contributed by atoms with E-state index in [0.29, 0.717) is 0 Å². The van der Waals surface area contributed by atoms with Crippen LogP contribution in [-0.4, -0.2) is 44.0 Å². The van der Waals surface area contributed by atoms with Crippen LogP contribution in [0.15, 0.2) is 17.8 Å². The molecule has 12 heteroatoms. The Morgan fingerprint density at radius 3 is 2.79 bits per heavy atom. The number of hydrogen-bond acceptors (Lipinski definition) is 8. The van der Waals surface area contributed by atoms with Crippen molar-refractivity contribution in [1.29, 1.82) is 0 Å². The Bertz CT molecular complexity index is 796. The van der Waals surface area contributed by atoms with E-state index in [-0.39, 0.29) is 23.3 Å². The van der Waals surface area contributed by atoms with Gasteiger partial charge in [-0.05, 0) is 23.4 Å². The number of carbonyl (C=O) groups is 2. The molecule has 0 saturated heterocycles. The predicted octanol–water partition coefficient (Wildman–Crippen LogP) is 1.78. The van der Waals surface area contributed by atoms with Crippen LogP contribution in [0.5, 0.6) is 0 Å². The summed E-state index contributed by atoms with van der Waals surface area (Å²) in [6.07, 6.45) is 1.01. The van der Waals surface area contributed by atoms with Gasteiger partial charge in [-0.1, -0.05) is 28.3 Å². The van der Waals surface area contributed by atoms with Crippen molar-refractivity contribution < 1.29 is 18.7 Å². The van der Waals surface area contributed by atoms with Crippen LogP contribution in [0.4, 0.5) is 10.3 Å². The third-order valence-electron chi connectivity index (χ3n) is 2.57. The first-order chi connectivity index (χ1) is 11.4. The third kappa shape index (κ3) is 4.03. The smallest absolute Gasteiger partial charge is 0.343 e. The fraction of sp³-hybridized carbons (Fsp3) is 0.167. The van der Waals surface area contributed by atoms with Crippen molar-refractivity contribution >= 4 is 40.9 Å². The Kier molecular flexibility index (Phi) is 5.77. The van der Waals surface area contributed by atoms with Gasteiger partial charge in [0.05, 0.1) is 12.2 Å². The molecule has 0 aliphatic carbocycles. The molecule has 0 aliphatic heterocycles. The number of tetrazole rings is 1. The second-order valence-corrected chi connectivity index (χ2v) is 4.82. The van der Waals surface area contributed by atoms with Gasteiger partial charge in [0.25, 0.3) is 0 Å². The fourth-order valence-corrected chi connectivity index (χ4v) is 1.94. The lowest BCUT2D eigenvalue weighted by Gasteiger charge is -2.08. The molecular weight excluding hydrogens is 366 g/mol. The van der Waals surface area contributed by atoms with Crippen LogP contribution in [0.25, 0.3) is 0 Å². The van der Waals surface area contributed by atoms with Crippen LogP contribution >= 0.6 is 23.2 Å². The number of carbonyl (C=O) groups excluding carboxylic acids is 2. The SMILES string of the molecule is CCOC(=O)C(=CNc1nnn[nH]1)C(=O)c1cc(F)c(Cl)nc1Cl. The number of nitrogens with one attached hydrogen (secondary N) is 2. The Balaban J connectivity index is 2.39. The normalized spacial score (nSPS) is 11.2. The second-order valence-electron chi connectivity index (χ2n) is 4.10. The maximum atomic E-state index is 13.6. The van der Waals surface area contributed by atoms with E-state index >= 15 is 0 Å². The van der Waals surface area contributed by atoms with Gasteiger partial charge in [0.2, 0.25) is 11.7 Å². The van der Waals surface area contributed by atoms with Crippen molar-refractivity contribution in [3.63, 3.8) is 0 Å². The van der Waals surface area contributed by atoms with Crippen molar-refractivity contribution in [2.24, 2.45) is 0 Å². The first kappa shape index (κ1) is 17.8. The summed E-state index contributed by atoms with van der Waals surface area (Å²) >= 11 is 11.3. The number of nitrogens with zero attached hydrogens (tertiary/aromatic N) is 4. The molecule has 9 nitrogen and oxygen atoms in total. The number of ketones is 1. The molecule has 24 heavy (non-hydrogen) atoms. The minimum absolute atomic E-state index is 0.0221. The van der Waals surface area contributed by atoms with Crippen LogP contribution in [0, 0.1) is 5.82 Å². The van der Waals surface area contributed by atoms with E-state index in [4.69, 9.17) is 27.9 Å². The van der Waals surface area contributed by atoms with Gasteiger partial charge in [-0.3, -0.25) is 4.79 Å². The highest BCUT2D eigenvalue weighted by Crippen LogP contribution is 2.23. The fourth-order valence-electron chi connectivity index (χ4n) is 1.54. The van der Waals surface area contributed by atoms with E-state index in [0.717, 1.165) is 12.3 Å². The van der Waals surface area contributed by atoms with E-state index in [1.165, 1.54) is 0 Å². The monoisotopic (exact) mass is 374 g/mol. The number of esters is 1.